The highest BCUT2D eigenvalue weighted by Gasteiger charge is 2.27. The topological polar surface area (TPSA) is 65.0 Å². The zero-order valence-corrected chi connectivity index (χ0v) is 11.6. The summed E-state index contributed by atoms with van der Waals surface area (Å²) in [5.41, 5.74) is 0.0625. The minimum absolute atomic E-state index is 0.0625. The normalized spacial score (nSPS) is 10.9. The van der Waals surface area contributed by atoms with Crippen LogP contribution in [0.4, 0.5) is 14.5 Å². The van der Waals surface area contributed by atoms with Crippen LogP contribution < -0.4 is 0 Å². The van der Waals surface area contributed by atoms with Crippen LogP contribution in [0.2, 0.25) is 0 Å². The fourth-order valence-corrected chi connectivity index (χ4v) is 1.41. The SMILES string of the molecule is CCOC(=O)C(C=Nc1ccc(F)c(F)c1)C(=O)OCC. The predicted octanol–water partition coefficient (Wildman–Crippen LogP) is 2.41. The molecule has 0 aromatic heterocycles. The van der Waals surface area contributed by atoms with Crippen molar-refractivity contribution in [3.8, 4) is 0 Å². The van der Waals surface area contributed by atoms with E-state index in [1.165, 1.54) is 6.07 Å². The van der Waals surface area contributed by atoms with Crippen LogP contribution in [-0.4, -0.2) is 31.4 Å². The largest absolute Gasteiger partial charge is 0.465 e. The quantitative estimate of drug-likeness (QED) is 0.459. The van der Waals surface area contributed by atoms with Crippen molar-refractivity contribution in [2.45, 2.75) is 13.8 Å². The van der Waals surface area contributed by atoms with Crippen molar-refractivity contribution < 1.29 is 27.8 Å². The maximum absolute atomic E-state index is 13.0. The lowest BCUT2D eigenvalue weighted by Crippen LogP contribution is -2.29. The lowest BCUT2D eigenvalue weighted by Gasteiger charge is -2.09. The van der Waals surface area contributed by atoms with Crippen LogP contribution in [0, 0.1) is 17.6 Å². The smallest absolute Gasteiger partial charge is 0.325 e. The maximum Gasteiger partial charge on any atom is 0.325 e. The molecule has 0 radical (unpaired) electrons. The van der Waals surface area contributed by atoms with Crippen molar-refractivity contribution in [1.29, 1.82) is 0 Å². The number of hydrogen-bond acceptors (Lipinski definition) is 5. The lowest BCUT2D eigenvalue weighted by atomic mass is 10.1. The third-order valence-electron chi connectivity index (χ3n) is 2.36. The molecule has 0 heterocycles. The van der Waals surface area contributed by atoms with E-state index in [0.717, 1.165) is 18.3 Å². The summed E-state index contributed by atoms with van der Waals surface area (Å²) in [6.45, 7) is 3.36. The zero-order chi connectivity index (χ0) is 15.8. The van der Waals surface area contributed by atoms with Gasteiger partial charge < -0.3 is 9.47 Å². The maximum atomic E-state index is 13.0. The number of rotatable bonds is 6. The van der Waals surface area contributed by atoms with Crippen molar-refractivity contribution in [2.75, 3.05) is 13.2 Å². The average Bonchev–Trinajstić information content (AvgIpc) is 2.43. The molecule has 1 rings (SSSR count). The Morgan fingerprint density at radius 3 is 2.19 bits per heavy atom. The van der Waals surface area contributed by atoms with Gasteiger partial charge >= 0.3 is 11.9 Å². The number of ether oxygens (including phenoxy) is 2. The van der Waals surface area contributed by atoms with E-state index in [1.807, 2.05) is 0 Å². The van der Waals surface area contributed by atoms with Crippen LogP contribution in [0.25, 0.3) is 0 Å². The van der Waals surface area contributed by atoms with Crippen molar-refractivity contribution in [3.63, 3.8) is 0 Å². The number of nitrogens with zero attached hydrogens (tertiary/aromatic N) is 1. The van der Waals surface area contributed by atoms with E-state index >= 15 is 0 Å². The Balaban J connectivity index is 2.93. The van der Waals surface area contributed by atoms with Crippen molar-refractivity contribution in [2.24, 2.45) is 10.9 Å². The van der Waals surface area contributed by atoms with Gasteiger partial charge in [-0.2, -0.15) is 0 Å². The molecule has 0 spiro atoms. The van der Waals surface area contributed by atoms with Crippen LogP contribution in [0.1, 0.15) is 13.8 Å². The standard InChI is InChI=1S/C14H15F2NO4/c1-3-20-13(18)10(14(19)21-4-2)8-17-9-5-6-11(15)12(16)7-9/h5-8,10H,3-4H2,1-2H3. The van der Waals surface area contributed by atoms with E-state index < -0.39 is 29.5 Å². The Kier molecular flexibility index (Phi) is 6.45. The number of carbonyl (C=O) groups is 2. The number of esters is 2. The molecule has 0 unspecified atom stereocenters. The Hall–Kier alpha value is -2.31. The second kappa shape index (κ2) is 8.08. The molecule has 0 fully saturated rings. The third kappa shape index (κ3) is 4.94. The zero-order valence-electron chi connectivity index (χ0n) is 11.6. The number of benzene rings is 1. The van der Waals surface area contributed by atoms with Crippen LogP contribution in [0.3, 0.4) is 0 Å². The molecule has 0 bridgehead atoms. The minimum Gasteiger partial charge on any atom is -0.465 e. The molecule has 0 saturated heterocycles. The molecule has 114 valence electrons. The Labute approximate surface area is 120 Å². The van der Waals surface area contributed by atoms with Gasteiger partial charge in [-0.05, 0) is 26.0 Å². The molecular formula is C14H15F2NO4. The first kappa shape index (κ1) is 16.7. The van der Waals surface area contributed by atoms with Crippen LogP contribution >= 0.6 is 0 Å². The monoisotopic (exact) mass is 299 g/mol. The average molecular weight is 299 g/mol. The molecule has 5 nitrogen and oxygen atoms in total. The summed E-state index contributed by atoms with van der Waals surface area (Å²) < 4.78 is 35.3. The summed E-state index contributed by atoms with van der Waals surface area (Å²) in [5.74, 6) is -5.07. The number of carbonyl (C=O) groups excluding carboxylic acids is 2. The van der Waals surface area contributed by atoms with Crippen molar-refractivity contribution in [3.05, 3.63) is 29.8 Å². The van der Waals surface area contributed by atoms with Crippen molar-refractivity contribution in [1.82, 2.24) is 0 Å². The summed E-state index contributed by atoms with van der Waals surface area (Å²) in [6, 6.07) is 2.95. The van der Waals surface area contributed by atoms with Gasteiger partial charge in [-0.25, -0.2) is 8.78 Å². The van der Waals surface area contributed by atoms with Gasteiger partial charge in [0, 0.05) is 12.3 Å². The van der Waals surface area contributed by atoms with E-state index in [1.54, 1.807) is 13.8 Å². The van der Waals surface area contributed by atoms with Gasteiger partial charge in [0.1, 0.15) is 0 Å². The number of hydrogen-bond donors (Lipinski definition) is 0. The molecule has 0 aliphatic carbocycles. The van der Waals surface area contributed by atoms with Gasteiger partial charge in [-0.15, -0.1) is 0 Å². The first-order chi connectivity index (χ1) is 9.99. The lowest BCUT2D eigenvalue weighted by molar-refractivity contribution is -0.157. The van der Waals surface area contributed by atoms with Gasteiger partial charge in [0.05, 0.1) is 18.9 Å². The van der Waals surface area contributed by atoms with E-state index in [2.05, 4.69) is 4.99 Å². The predicted molar refractivity (Wildman–Crippen MR) is 71.3 cm³/mol. The fourth-order valence-electron chi connectivity index (χ4n) is 1.41. The Morgan fingerprint density at radius 1 is 1.14 bits per heavy atom. The van der Waals surface area contributed by atoms with E-state index in [4.69, 9.17) is 9.47 Å². The second-order valence-electron chi connectivity index (χ2n) is 3.86. The second-order valence-corrected chi connectivity index (χ2v) is 3.86. The summed E-state index contributed by atoms with van der Waals surface area (Å²) in [5, 5.41) is 0. The van der Waals surface area contributed by atoms with Crippen LogP contribution in [0.5, 0.6) is 0 Å². The highest BCUT2D eigenvalue weighted by atomic mass is 19.2. The van der Waals surface area contributed by atoms with Gasteiger partial charge in [-0.3, -0.25) is 14.6 Å². The van der Waals surface area contributed by atoms with Crippen LogP contribution in [0.15, 0.2) is 23.2 Å². The summed E-state index contributed by atoms with van der Waals surface area (Å²) in [6.07, 6.45) is 0.989. The Morgan fingerprint density at radius 2 is 1.71 bits per heavy atom. The highest BCUT2D eigenvalue weighted by Crippen LogP contribution is 2.16. The molecule has 21 heavy (non-hydrogen) atoms. The fraction of sp³-hybridized carbons (Fsp3) is 0.357. The molecule has 0 N–H and O–H groups in total. The summed E-state index contributed by atoms with van der Waals surface area (Å²) in [7, 11) is 0. The van der Waals surface area contributed by atoms with Crippen LogP contribution in [-0.2, 0) is 19.1 Å². The van der Waals surface area contributed by atoms with E-state index in [9.17, 15) is 18.4 Å². The highest BCUT2D eigenvalue weighted by molar-refractivity contribution is 6.09. The first-order valence-electron chi connectivity index (χ1n) is 6.32. The van der Waals surface area contributed by atoms with Gasteiger partial charge in [-0.1, -0.05) is 0 Å². The minimum atomic E-state index is -1.35. The van der Waals surface area contributed by atoms with E-state index in [0.29, 0.717) is 0 Å². The van der Waals surface area contributed by atoms with Gasteiger partial charge in [0.25, 0.3) is 0 Å². The van der Waals surface area contributed by atoms with Gasteiger partial charge in [0.2, 0.25) is 0 Å². The summed E-state index contributed by atoms with van der Waals surface area (Å²) in [4.78, 5) is 27.1. The molecule has 0 amide bonds. The third-order valence-corrected chi connectivity index (χ3v) is 2.36. The number of halogens is 2. The molecule has 0 aliphatic rings. The van der Waals surface area contributed by atoms with E-state index in [-0.39, 0.29) is 18.9 Å². The number of aliphatic imine (C=N–C) groups is 1. The van der Waals surface area contributed by atoms with Crippen molar-refractivity contribution >= 4 is 23.8 Å². The Bertz CT molecular complexity index is 528. The van der Waals surface area contributed by atoms with Gasteiger partial charge in [0.15, 0.2) is 17.6 Å². The summed E-state index contributed by atoms with van der Waals surface area (Å²) >= 11 is 0. The molecule has 0 aliphatic heterocycles. The molecular weight excluding hydrogens is 284 g/mol. The molecule has 1 aromatic carbocycles. The first-order valence-corrected chi connectivity index (χ1v) is 6.32. The molecule has 0 saturated carbocycles. The molecule has 0 atom stereocenters. The molecule has 1 aromatic rings. The molecule has 7 heteroatoms.